The quantitative estimate of drug-likeness (QED) is 0.461. The molecule has 7 heteroatoms. The van der Waals surface area contributed by atoms with Crippen molar-refractivity contribution in [2.24, 2.45) is 5.10 Å². The monoisotopic (exact) mass is 343 g/mol. The molecule has 0 spiro atoms. The molecule has 2 rings (SSSR count). The number of carbonyl (C=O) groups is 2. The van der Waals surface area contributed by atoms with Crippen LogP contribution in [-0.2, 0) is 9.59 Å². The predicted molar refractivity (Wildman–Crippen MR) is 93.0 cm³/mol. The molecule has 6 nitrogen and oxygen atoms in total. The van der Waals surface area contributed by atoms with Crippen molar-refractivity contribution in [1.82, 2.24) is 5.43 Å². The van der Waals surface area contributed by atoms with Gasteiger partial charge in [-0.15, -0.1) is 0 Å². The van der Waals surface area contributed by atoms with Gasteiger partial charge in [-0.05, 0) is 36.8 Å². The van der Waals surface area contributed by atoms with Crippen LogP contribution in [0.5, 0.6) is 5.75 Å². The van der Waals surface area contributed by atoms with E-state index in [-0.39, 0.29) is 5.69 Å². The fourth-order valence-corrected chi connectivity index (χ4v) is 1.97. The lowest BCUT2D eigenvalue weighted by atomic mass is 10.2. The molecular weight excluding hydrogens is 325 g/mol. The van der Waals surface area contributed by atoms with Gasteiger partial charge in [0.05, 0.1) is 18.5 Å². The normalized spacial score (nSPS) is 10.5. The SMILES string of the molecule is CCOc1cccc(C=NNC(=O)CC(=O)Nc2ccccc2F)c1. The Morgan fingerprint density at radius 3 is 2.72 bits per heavy atom. The van der Waals surface area contributed by atoms with E-state index >= 15 is 0 Å². The van der Waals surface area contributed by atoms with E-state index in [2.05, 4.69) is 15.8 Å². The zero-order chi connectivity index (χ0) is 18.1. The van der Waals surface area contributed by atoms with Crippen LogP contribution in [0.4, 0.5) is 10.1 Å². The standard InChI is InChI=1S/C18H18FN3O3/c1-2-25-14-7-5-6-13(10-14)12-20-22-18(24)11-17(23)21-16-9-4-3-8-15(16)19/h3-10,12H,2,11H2,1H3,(H,21,23)(H,22,24). The molecule has 25 heavy (non-hydrogen) atoms. The number of amides is 2. The number of ether oxygens (including phenoxy) is 1. The molecule has 0 radical (unpaired) electrons. The number of hydrogen-bond donors (Lipinski definition) is 2. The molecule has 0 bridgehead atoms. The average molecular weight is 343 g/mol. The number of halogens is 1. The second-order valence-electron chi connectivity index (χ2n) is 5.00. The molecule has 2 aromatic rings. The van der Waals surface area contributed by atoms with E-state index in [4.69, 9.17) is 4.74 Å². The summed E-state index contributed by atoms with van der Waals surface area (Å²) < 4.78 is 18.8. The number of para-hydroxylation sites is 1. The minimum absolute atomic E-state index is 0.0246. The zero-order valence-electron chi connectivity index (χ0n) is 13.7. The van der Waals surface area contributed by atoms with Crippen molar-refractivity contribution in [1.29, 1.82) is 0 Å². The summed E-state index contributed by atoms with van der Waals surface area (Å²) in [6.45, 7) is 2.43. The maximum atomic E-state index is 13.4. The van der Waals surface area contributed by atoms with Gasteiger partial charge in [-0.25, -0.2) is 9.82 Å². The van der Waals surface area contributed by atoms with Gasteiger partial charge in [0.25, 0.3) is 0 Å². The van der Waals surface area contributed by atoms with Crippen LogP contribution in [0.3, 0.4) is 0 Å². The third kappa shape index (κ3) is 6.06. The highest BCUT2D eigenvalue weighted by molar-refractivity contribution is 6.03. The summed E-state index contributed by atoms with van der Waals surface area (Å²) in [5, 5.41) is 6.11. The lowest BCUT2D eigenvalue weighted by molar-refractivity contribution is -0.126. The molecule has 0 aliphatic rings. The Bertz CT molecular complexity index is 778. The molecule has 0 saturated heterocycles. The first kappa shape index (κ1) is 18.1. The Morgan fingerprint density at radius 2 is 1.96 bits per heavy atom. The van der Waals surface area contributed by atoms with E-state index in [0.717, 1.165) is 5.56 Å². The highest BCUT2D eigenvalue weighted by Crippen LogP contribution is 2.13. The van der Waals surface area contributed by atoms with Gasteiger partial charge in [0.2, 0.25) is 11.8 Å². The number of hydrazone groups is 1. The maximum Gasteiger partial charge on any atom is 0.249 e. The van der Waals surface area contributed by atoms with Gasteiger partial charge in [0.1, 0.15) is 18.0 Å². The van der Waals surface area contributed by atoms with Crippen molar-refractivity contribution in [3.8, 4) is 5.75 Å². The molecule has 2 N–H and O–H groups in total. The van der Waals surface area contributed by atoms with Crippen LogP contribution in [0.2, 0.25) is 0 Å². The highest BCUT2D eigenvalue weighted by atomic mass is 19.1. The van der Waals surface area contributed by atoms with Crippen molar-refractivity contribution < 1.29 is 18.7 Å². The maximum absolute atomic E-state index is 13.4. The van der Waals surface area contributed by atoms with Gasteiger partial charge in [-0.3, -0.25) is 9.59 Å². The molecule has 0 heterocycles. The van der Waals surface area contributed by atoms with E-state index < -0.39 is 24.1 Å². The highest BCUT2D eigenvalue weighted by Gasteiger charge is 2.10. The topological polar surface area (TPSA) is 79.8 Å². The Balaban J connectivity index is 1.83. The lowest BCUT2D eigenvalue weighted by Crippen LogP contribution is -2.24. The summed E-state index contributed by atoms with van der Waals surface area (Å²) in [7, 11) is 0. The fraction of sp³-hybridized carbons (Fsp3) is 0.167. The summed E-state index contributed by atoms with van der Waals surface area (Å²) >= 11 is 0. The van der Waals surface area contributed by atoms with Crippen LogP contribution in [0.15, 0.2) is 53.6 Å². The van der Waals surface area contributed by atoms with E-state index in [0.29, 0.717) is 12.4 Å². The van der Waals surface area contributed by atoms with Crippen LogP contribution in [0, 0.1) is 5.82 Å². The number of nitrogens with zero attached hydrogens (tertiary/aromatic N) is 1. The summed E-state index contributed by atoms with van der Waals surface area (Å²) in [6, 6.07) is 12.9. The summed E-state index contributed by atoms with van der Waals surface area (Å²) in [6.07, 6.45) is 0.972. The second kappa shape index (κ2) is 9.17. The lowest BCUT2D eigenvalue weighted by Gasteiger charge is -2.05. The Hall–Kier alpha value is -3.22. The molecule has 0 atom stereocenters. The van der Waals surface area contributed by atoms with E-state index in [1.54, 1.807) is 24.3 Å². The van der Waals surface area contributed by atoms with Crippen molar-refractivity contribution in [3.63, 3.8) is 0 Å². The smallest absolute Gasteiger partial charge is 0.249 e. The molecule has 0 fully saturated rings. The Kier molecular flexibility index (Phi) is 6.65. The minimum atomic E-state index is -0.629. The minimum Gasteiger partial charge on any atom is -0.494 e. The third-order valence-corrected chi connectivity index (χ3v) is 3.04. The average Bonchev–Trinajstić information content (AvgIpc) is 2.57. The molecular formula is C18H18FN3O3. The molecule has 0 unspecified atom stereocenters. The summed E-state index contributed by atoms with van der Waals surface area (Å²) in [4.78, 5) is 23.4. The number of rotatable bonds is 7. The molecule has 0 aliphatic carbocycles. The number of carbonyl (C=O) groups excluding carboxylic acids is 2. The zero-order valence-corrected chi connectivity index (χ0v) is 13.7. The summed E-state index contributed by atoms with van der Waals surface area (Å²) in [5.41, 5.74) is 3.01. The van der Waals surface area contributed by atoms with Gasteiger partial charge >= 0.3 is 0 Å². The van der Waals surface area contributed by atoms with Crippen molar-refractivity contribution in [2.75, 3.05) is 11.9 Å². The molecule has 0 aromatic heterocycles. The van der Waals surface area contributed by atoms with Crippen LogP contribution >= 0.6 is 0 Å². The first-order chi connectivity index (χ1) is 12.1. The first-order valence-corrected chi connectivity index (χ1v) is 7.67. The summed E-state index contributed by atoms with van der Waals surface area (Å²) in [5.74, 6) is -1.10. The number of anilines is 1. The van der Waals surface area contributed by atoms with E-state index in [1.165, 1.54) is 24.4 Å². The molecule has 2 amide bonds. The van der Waals surface area contributed by atoms with Gasteiger partial charge in [0, 0.05) is 0 Å². The van der Waals surface area contributed by atoms with Gasteiger partial charge in [0.15, 0.2) is 0 Å². The van der Waals surface area contributed by atoms with Crippen molar-refractivity contribution in [2.45, 2.75) is 13.3 Å². The second-order valence-corrected chi connectivity index (χ2v) is 5.00. The van der Waals surface area contributed by atoms with Gasteiger partial charge in [-0.1, -0.05) is 24.3 Å². The van der Waals surface area contributed by atoms with Gasteiger partial charge < -0.3 is 10.1 Å². The van der Waals surface area contributed by atoms with Crippen molar-refractivity contribution in [3.05, 3.63) is 59.9 Å². The fourth-order valence-electron chi connectivity index (χ4n) is 1.97. The predicted octanol–water partition coefficient (Wildman–Crippen LogP) is 2.70. The molecule has 130 valence electrons. The van der Waals surface area contributed by atoms with Crippen LogP contribution in [0.1, 0.15) is 18.9 Å². The van der Waals surface area contributed by atoms with Crippen LogP contribution in [0.25, 0.3) is 0 Å². The third-order valence-electron chi connectivity index (χ3n) is 3.04. The number of hydrogen-bond acceptors (Lipinski definition) is 4. The van der Waals surface area contributed by atoms with Crippen molar-refractivity contribution >= 4 is 23.7 Å². The molecule has 2 aromatic carbocycles. The van der Waals surface area contributed by atoms with Crippen LogP contribution < -0.4 is 15.5 Å². The largest absolute Gasteiger partial charge is 0.494 e. The number of benzene rings is 2. The van der Waals surface area contributed by atoms with E-state index in [9.17, 15) is 14.0 Å². The van der Waals surface area contributed by atoms with Crippen LogP contribution in [-0.4, -0.2) is 24.6 Å². The van der Waals surface area contributed by atoms with E-state index in [1.807, 2.05) is 13.0 Å². The molecule has 0 saturated carbocycles. The molecule has 0 aliphatic heterocycles. The van der Waals surface area contributed by atoms with Gasteiger partial charge in [-0.2, -0.15) is 5.10 Å². The number of nitrogens with one attached hydrogen (secondary N) is 2. The Morgan fingerprint density at radius 1 is 1.16 bits per heavy atom. The first-order valence-electron chi connectivity index (χ1n) is 7.67. The Labute approximate surface area is 144 Å².